The lowest BCUT2D eigenvalue weighted by atomic mass is 9.90. The van der Waals surface area contributed by atoms with Crippen LogP contribution in [-0.2, 0) is 24.2 Å². The topological polar surface area (TPSA) is 52.3 Å². The lowest BCUT2D eigenvalue weighted by molar-refractivity contribution is 0.0464. The molecule has 104 valence electrons. The van der Waals surface area contributed by atoms with Crippen LogP contribution in [0.4, 0.5) is 0 Å². The van der Waals surface area contributed by atoms with E-state index in [4.69, 9.17) is 9.26 Å². The van der Waals surface area contributed by atoms with Crippen molar-refractivity contribution in [3.05, 3.63) is 52.4 Å². The van der Waals surface area contributed by atoms with Gasteiger partial charge in [0.2, 0.25) is 0 Å². The molecule has 0 bridgehead atoms. The zero-order valence-electron chi connectivity index (χ0n) is 11.5. The highest BCUT2D eigenvalue weighted by Crippen LogP contribution is 2.22. The lowest BCUT2D eigenvalue weighted by Crippen LogP contribution is -2.09. The highest BCUT2D eigenvalue weighted by Gasteiger charge is 2.14. The van der Waals surface area contributed by atoms with Gasteiger partial charge < -0.3 is 9.26 Å². The number of esters is 1. The van der Waals surface area contributed by atoms with E-state index < -0.39 is 0 Å². The molecule has 2 aromatic rings. The van der Waals surface area contributed by atoms with Crippen molar-refractivity contribution in [3.8, 4) is 0 Å². The fraction of sp³-hybridized carbons (Fsp3) is 0.375. The summed E-state index contributed by atoms with van der Waals surface area (Å²) >= 11 is 0. The van der Waals surface area contributed by atoms with Gasteiger partial charge in [0.15, 0.2) is 0 Å². The molecule has 3 rings (SSSR count). The quantitative estimate of drug-likeness (QED) is 0.804. The monoisotopic (exact) mass is 271 g/mol. The maximum atomic E-state index is 12.0. The summed E-state index contributed by atoms with van der Waals surface area (Å²) in [5, 5.41) is 3.80. The standard InChI is InChI=1S/C16H17NO3/c1-11-8-15(17-20-11)10-19-16(18)14-7-6-12-4-2-3-5-13(12)9-14/h6-9H,2-5,10H2,1H3. The molecule has 0 saturated heterocycles. The van der Waals surface area contributed by atoms with Crippen LogP contribution in [0.5, 0.6) is 0 Å². The molecule has 1 aliphatic rings. The second kappa shape index (κ2) is 5.49. The van der Waals surface area contributed by atoms with Gasteiger partial charge in [0.25, 0.3) is 0 Å². The van der Waals surface area contributed by atoms with Gasteiger partial charge in [-0.3, -0.25) is 0 Å². The number of hydrogen-bond acceptors (Lipinski definition) is 4. The molecule has 4 heteroatoms. The zero-order chi connectivity index (χ0) is 13.9. The Morgan fingerprint density at radius 1 is 1.25 bits per heavy atom. The van der Waals surface area contributed by atoms with Crippen LogP contribution in [0.15, 0.2) is 28.8 Å². The van der Waals surface area contributed by atoms with Gasteiger partial charge in [0, 0.05) is 6.07 Å². The molecule has 0 aliphatic heterocycles. The molecular weight excluding hydrogens is 254 g/mol. The molecule has 0 fully saturated rings. The molecule has 4 nitrogen and oxygen atoms in total. The fourth-order valence-corrected chi connectivity index (χ4v) is 2.57. The third-order valence-electron chi connectivity index (χ3n) is 3.61. The van der Waals surface area contributed by atoms with Gasteiger partial charge in [-0.1, -0.05) is 11.2 Å². The summed E-state index contributed by atoms with van der Waals surface area (Å²) in [7, 11) is 0. The van der Waals surface area contributed by atoms with Crippen LogP contribution < -0.4 is 0 Å². The van der Waals surface area contributed by atoms with Crippen molar-refractivity contribution >= 4 is 5.97 Å². The average molecular weight is 271 g/mol. The molecule has 0 saturated carbocycles. The van der Waals surface area contributed by atoms with Crippen molar-refractivity contribution in [1.29, 1.82) is 0 Å². The van der Waals surface area contributed by atoms with Crippen LogP contribution in [0.1, 0.15) is 45.8 Å². The van der Waals surface area contributed by atoms with Crippen molar-refractivity contribution in [2.75, 3.05) is 0 Å². The molecule has 0 amide bonds. The Kier molecular flexibility index (Phi) is 3.54. The van der Waals surface area contributed by atoms with Crippen LogP contribution in [0.2, 0.25) is 0 Å². The Hall–Kier alpha value is -2.10. The van der Waals surface area contributed by atoms with Crippen molar-refractivity contribution in [3.63, 3.8) is 0 Å². The SMILES string of the molecule is Cc1cc(COC(=O)c2ccc3c(c2)CCCC3)no1. The Balaban J connectivity index is 1.67. The van der Waals surface area contributed by atoms with E-state index in [2.05, 4.69) is 5.16 Å². The summed E-state index contributed by atoms with van der Waals surface area (Å²) in [5.74, 6) is 0.406. The largest absolute Gasteiger partial charge is 0.455 e. The Morgan fingerprint density at radius 2 is 2.05 bits per heavy atom. The number of nitrogens with zero attached hydrogens (tertiary/aromatic N) is 1. The van der Waals surface area contributed by atoms with Crippen molar-refractivity contribution in [2.45, 2.75) is 39.2 Å². The van der Waals surface area contributed by atoms with Crippen molar-refractivity contribution < 1.29 is 14.1 Å². The lowest BCUT2D eigenvalue weighted by Gasteiger charge is -2.16. The van der Waals surface area contributed by atoms with Gasteiger partial charge in [-0.15, -0.1) is 0 Å². The molecule has 0 radical (unpaired) electrons. The first-order valence-corrected chi connectivity index (χ1v) is 6.93. The van der Waals surface area contributed by atoms with Crippen LogP contribution in [0.25, 0.3) is 0 Å². The number of fused-ring (bicyclic) bond motifs is 1. The number of carbonyl (C=O) groups excluding carboxylic acids is 1. The van der Waals surface area contributed by atoms with Gasteiger partial charge in [0.1, 0.15) is 18.1 Å². The number of aromatic nitrogens is 1. The van der Waals surface area contributed by atoms with E-state index in [-0.39, 0.29) is 12.6 Å². The summed E-state index contributed by atoms with van der Waals surface area (Å²) in [6.45, 7) is 1.95. The van der Waals surface area contributed by atoms with Crippen LogP contribution in [-0.4, -0.2) is 11.1 Å². The number of aryl methyl sites for hydroxylation is 3. The minimum Gasteiger partial charge on any atom is -0.455 e. The van der Waals surface area contributed by atoms with E-state index in [1.165, 1.54) is 24.0 Å². The van der Waals surface area contributed by atoms with Gasteiger partial charge in [0.05, 0.1) is 5.56 Å². The van der Waals surface area contributed by atoms with E-state index in [1.807, 2.05) is 25.1 Å². The first kappa shape index (κ1) is 12.9. The molecule has 0 N–H and O–H groups in total. The fourth-order valence-electron chi connectivity index (χ4n) is 2.57. The number of carbonyl (C=O) groups is 1. The molecule has 1 aliphatic carbocycles. The molecule has 20 heavy (non-hydrogen) atoms. The average Bonchev–Trinajstić information content (AvgIpc) is 2.90. The summed E-state index contributed by atoms with van der Waals surface area (Å²) in [6.07, 6.45) is 4.60. The van der Waals surface area contributed by atoms with Crippen molar-refractivity contribution in [1.82, 2.24) is 5.16 Å². The molecule has 0 spiro atoms. The smallest absolute Gasteiger partial charge is 0.338 e. The van der Waals surface area contributed by atoms with E-state index in [1.54, 1.807) is 6.07 Å². The second-order valence-corrected chi connectivity index (χ2v) is 5.20. The molecule has 0 unspecified atom stereocenters. The number of rotatable bonds is 3. The number of benzene rings is 1. The summed E-state index contributed by atoms with van der Waals surface area (Å²) < 4.78 is 10.2. The number of ether oxygens (including phenoxy) is 1. The third-order valence-corrected chi connectivity index (χ3v) is 3.61. The predicted octanol–water partition coefficient (Wildman–Crippen LogP) is 3.22. The Labute approximate surface area is 117 Å². The predicted molar refractivity (Wildman–Crippen MR) is 73.4 cm³/mol. The van der Waals surface area contributed by atoms with E-state index in [0.717, 1.165) is 12.8 Å². The normalized spacial score (nSPS) is 13.8. The summed E-state index contributed by atoms with van der Waals surface area (Å²) in [5.41, 5.74) is 3.89. The van der Waals surface area contributed by atoms with E-state index in [0.29, 0.717) is 17.0 Å². The van der Waals surface area contributed by atoms with Crippen LogP contribution in [0, 0.1) is 6.92 Å². The van der Waals surface area contributed by atoms with Gasteiger partial charge in [-0.05, 0) is 55.9 Å². The zero-order valence-corrected chi connectivity index (χ0v) is 11.5. The summed E-state index contributed by atoms with van der Waals surface area (Å²) in [6, 6.07) is 7.62. The van der Waals surface area contributed by atoms with Gasteiger partial charge >= 0.3 is 5.97 Å². The summed E-state index contributed by atoms with van der Waals surface area (Å²) in [4.78, 5) is 12.0. The minimum atomic E-state index is -0.306. The Morgan fingerprint density at radius 3 is 2.80 bits per heavy atom. The first-order chi connectivity index (χ1) is 9.72. The second-order valence-electron chi connectivity index (χ2n) is 5.20. The van der Waals surface area contributed by atoms with E-state index >= 15 is 0 Å². The highest BCUT2D eigenvalue weighted by atomic mass is 16.5. The van der Waals surface area contributed by atoms with Crippen LogP contribution >= 0.6 is 0 Å². The van der Waals surface area contributed by atoms with Crippen molar-refractivity contribution in [2.24, 2.45) is 0 Å². The van der Waals surface area contributed by atoms with Gasteiger partial charge in [-0.25, -0.2) is 4.79 Å². The molecular formula is C16H17NO3. The maximum Gasteiger partial charge on any atom is 0.338 e. The number of hydrogen-bond donors (Lipinski definition) is 0. The first-order valence-electron chi connectivity index (χ1n) is 6.93. The highest BCUT2D eigenvalue weighted by molar-refractivity contribution is 5.89. The minimum absolute atomic E-state index is 0.146. The molecule has 0 atom stereocenters. The van der Waals surface area contributed by atoms with Gasteiger partial charge in [-0.2, -0.15) is 0 Å². The molecule has 1 aromatic carbocycles. The molecule has 1 heterocycles. The molecule has 1 aromatic heterocycles. The Bertz CT molecular complexity index is 630. The van der Waals surface area contributed by atoms with Crippen LogP contribution in [0.3, 0.4) is 0 Å². The third kappa shape index (κ3) is 2.74. The van der Waals surface area contributed by atoms with E-state index in [9.17, 15) is 4.79 Å². The maximum absolute atomic E-state index is 12.0.